The van der Waals surface area contributed by atoms with Gasteiger partial charge in [-0.3, -0.25) is 9.59 Å². The number of rotatable bonds is 6. The number of carbonyl (C=O) groups excluding carboxylic acids is 2. The molecule has 0 fully saturated rings. The number of nitriles is 1. The van der Waals surface area contributed by atoms with Crippen LogP contribution in [0.25, 0.3) is 0 Å². The van der Waals surface area contributed by atoms with Crippen LogP contribution in [0.4, 0.5) is 8.78 Å². The topological polar surface area (TPSA) is 76.4 Å². The van der Waals surface area contributed by atoms with Gasteiger partial charge in [-0.05, 0) is 24.6 Å². The van der Waals surface area contributed by atoms with Gasteiger partial charge in [0.05, 0.1) is 18.6 Å². The highest BCUT2D eigenvalue weighted by Gasteiger charge is 2.16. The van der Waals surface area contributed by atoms with Gasteiger partial charge in [-0.2, -0.15) is 14.0 Å². The standard InChI is InChI=1S/C13H11F2NO4/c1-2-19-12(18)5-8-3-10(20-13(14)15)4-9(7-17)11(8)6-16/h3-4,7,13H,2,5H2,1H3. The van der Waals surface area contributed by atoms with Gasteiger partial charge < -0.3 is 9.47 Å². The first kappa shape index (κ1) is 15.6. The third-order valence-electron chi connectivity index (χ3n) is 2.33. The average Bonchev–Trinajstić information content (AvgIpc) is 2.37. The second-order valence-electron chi connectivity index (χ2n) is 3.64. The van der Waals surface area contributed by atoms with E-state index in [1.807, 2.05) is 0 Å². The molecule has 0 unspecified atom stereocenters. The number of alkyl halides is 2. The lowest BCUT2D eigenvalue weighted by Gasteiger charge is -2.10. The summed E-state index contributed by atoms with van der Waals surface area (Å²) in [5, 5.41) is 9.00. The first-order valence-electron chi connectivity index (χ1n) is 5.64. The minimum atomic E-state index is -3.07. The molecule has 0 amide bonds. The Bertz CT molecular complexity index is 552. The predicted molar refractivity (Wildman–Crippen MR) is 63.5 cm³/mol. The monoisotopic (exact) mass is 283 g/mol. The molecule has 106 valence electrons. The zero-order valence-electron chi connectivity index (χ0n) is 10.6. The number of hydrogen-bond donors (Lipinski definition) is 0. The van der Waals surface area contributed by atoms with Crippen molar-refractivity contribution < 1.29 is 27.8 Å². The SMILES string of the molecule is CCOC(=O)Cc1cc(OC(F)F)cc(C=O)c1C#N. The van der Waals surface area contributed by atoms with E-state index < -0.39 is 12.6 Å². The van der Waals surface area contributed by atoms with Crippen molar-refractivity contribution in [1.82, 2.24) is 0 Å². The number of hydrogen-bond acceptors (Lipinski definition) is 5. The van der Waals surface area contributed by atoms with Crippen molar-refractivity contribution in [2.75, 3.05) is 6.61 Å². The quantitative estimate of drug-likeness (QED) is 0.590. The molecular weight excluding hydrogens is 272 g/mol. The Labute approximate surface area is 113 Å². The third kappa shape index (κ3) is 4.02. The summed E-state index contributed by atoms with van der Waals surface area (Å²) in [7, 11) is 0. The molecule has 0 N–H and O–H groups in total. The number of ether oxygens (including phenoxy) is 2. The van der Waals surface area contributed by atoms with Gasteiger partial charge >= 0.3 is 12.6 Å². The summed E-state index contributed by atoms with van der Waals surface area (Å²) in [5.74, 6) is -0.921. The van der Waals surface area contributed by atoms with Crippen molar-refractivity contribution in [2.24, 2.45) is 0 Å². The van der Waals surface area contributed by atoms with Gasteiger partial charge in [-0.25, -0.2) is 0 Å². The van der Waals surface area contributed by atoms with Crippen LogP contribution in [0.3, 0.4) is 0 Å². The summed E-state index contributed by atoms with van der Waals surface area (Å²) in [4.78, 5) is 22.3. The lowest BCUT2D eigenvalue weighted by atomic mass is 10.00. The van der Waals surface area contributed by atoms with E-state index in [-0.39, 0.29) is 35.5 Å². The fourth-order valence-corrected chi connectivity index (χ4v) is 1.60. The molecule has 0 bridgehead atoms. The predicted octanol–water partition coefficient (Wildman–Crippen LogP) is 2.08. The zero-order chi connectivity index (χ0) is 15.1. The van der Waals surface area contributed by atoms with Crippen LogP contribution in [0.5, 0.6) is 5.75 Å². The maximum atomic E-state index is 12.2. The van der Waals surface area contributed by atoms with Crippen molar-refractivity contribution in [3.05, 3.63) is 28.8 Å². The second-order valence-corrected chi connectivity index (χ2v) is 3.64. The fourth-order valence-electron chi connectivity index (χ4n) is 1.60. The third-order valence-corrected chi connectivity index (χ3v) is 2.33. The largest absolute Gasteiger partial charge is 0.466 e. The second kappa shape index (κ2) is 7.19. The fraction of sp³-hybridized carbons (Fsp3) is 0.308. The van der Waals surface area contributed by atoms with Crippen LogP contribution < -0.4 is 4.74 Å². The zero-order valence-corrected chi connectivity index (χ0v) is 10.6. The van der Waals surface area contributed by atoms with Crippen molar-refractivity contribution in [3.63, 3.8) is 0 Å². The summed E-state index contributed by atoms with van der Waals surface area (Å²) >= 11 is 0. The molecule has 0 saturated heterocycles. The van der Waals surface area contributed by atoms with Gasteiger partial charge in [0.1, 0.15) is 11.8 Å². The Morgan fingerprint density at radius 1 is 1.50 bits per heavy atom. The Kier molecular flexibility index (Phi) is 5.59. The molecule has 1 aromatic carbocycles. The number of benzene rings is 1. The summed E-state index contributed by atoms with van der Waals surface area (Å²) in [6.07, 6.45) is 0.0313. The van der Waals surface area contributed by atoms with E-state index in [1.165, 1.54) is 0 Å². The molecular formula is C13H11F2NO4. The Hall–Kier alpha value is -2.49. The van der Waals surface area contributed by atoms with Gasteiger partial charge in [0.15, 0.2) is 6.29 Å². The van der Waals surface area contributed by atoms with Gasteiger partial charge in [0.2, 0.25) is 0 Å². The minimum absolute atomic E-state index is 0.0605. The molecule has 7 heteroatoms. The van der Waals surface area contributed by atoms with Crippen molar-refractivity contribution in [2.45, 2.75) is 20.0 Å². The highest BCUT2D eigenvalue weighted by atomic mass is 19.3. The molecule has 0 saturated carbocycles. The van der Waals surface area contributed by atoms with Gasteiger partial charge in [-0.15, -0.1) is 0 Å². The van der Waals surface area contributed by atoms with E-state index in [9.17, 15) is 18.4 Å². The highest BCUT2D eigenvalue weighted by Crippen LogP contribution is 2.23. The van der Waals surface area contributed by atoms with Gasteiger partial charge in [0.25, 0.3) is 0 Å². The molecule has 0 heterocycles. The number of halogens is 2. The van der Waals surface area contributed by atoms with Crippen LogP contribution in [0.2, 0.25) is 0 Å². The summed E-state index contributed by atoms with van der Waals surface area (Å²) < 4.78 is 33.3. The van der Waals surface area contributed by atoms with E-state index >= 15 is 0 Å². The molecule has 5 nitrogen and oxygen atoms in total. The number of nitrogens with zero attached hydrogens (tertiary/aromatic N) is 1. The van der Waals surface area contributed by atoms with Crippen LogP contribution in [0, 0.1) is 11.3 Å². The smallest absolute Gasteiger partial charge is 0.387 e. The molecule has 1 aromatic rings. The summed E-state index contributed by atoms with van der Waals surface area (Å²) in [6, 6.07) is 3.90. The maximum absolute atomic E-state index is 12.2. The molecule has 0 atom stereocenters. The van der Waals surface area contributed by atoms with Crippen molar-refractivity contribution in [1.29, 1.82) is 5.26 Å². The lowest BCUT2D eigenvalue weighted by Crippen LogP contribution is -2.11. The maximum Gasteiger partial charge on any atom is 0.387 e. The summed E-state index contributed by atoms with van der Waals surface area (Å²) in [6.45, 7) is -1.32. The van der Waals surface area contributed by atoms with E-state index in [4.69, 9.17) is 10.00 Å². The van der Waals surface area contributed by atoms with Crippen molar-refractivity contribution >= 4 is 12.3 Å². The van der Waals surface area contributed by atoms with Crippen LogP contribution in [0.1, 0.15) is 28.4 Å². The van der Waals surface area contributed by atoms with Gasteiger partial charge in [-0.1, -0.05) is 0 Å². The Morgan fingerprint density at radius 3 is 2.70 bits per heavy atom. The van der Waals surface area contributed by atoms with E-state index in [1.54, 1.807) is 13.0 Å². The number of esters is 1. The highest BCUT2D eigenvalue weighted by molar-refractivity contribution is 5.83. The summed E-state index contributed by atoms with van der Waals surface area (Å²) in [5.41, 5.74) is -0.0779. The van der Waals surface area contributed by atoms with Crippen LogP contribution in [-0.4, -0.2) is 25.5 Å². The number of carbonyl (C=O) groups is 2. The molecule has 0 spiro atoms. The van der Waals surface area contributed by atoms with Crippen LogP contribution >= 0.6 is 0 Å². The molecule has 1 rings (SSSR count). The normalized spacial score (nSPS) is 9.95. The Balaban J connectivity index is 3.20. The molecule has 0 aliphatic carbocycles. The number of aldehydes is 1. The molecule has 0 aliphatic rings. The molecule has 0 aliphatic heterocycles. The average molecular weight is 283 g/mol. The minimum Gasteiger partial charge on any atom is -0.466 e. The first-order chi connectivity index (χ1) is 9.51. The van der Waals surface area contributed by atoms with Gasteiger partial charge in [0, 0.05) is 5.56 Å². The Morgan fingerprint density at radius 2 is 2.20 bits per heavy atom. The van der Waals surface area contributed by atoms with Crippen molar-refractivity contribution in [3.8, 4) is 11.8 Å². The molecule has 0 aromatic heterocycles. The van der Waals surface area contributed by atoms with E-state index in [0.29, 0.717) is 6.29 Å². The van der Waals surface area contributed by atoms with E-state index in [2.05, 4.69) is 4.74 Å². The van der Waals surface area contributed by atoms with E-state index in [0.717, 1.165) is 12.1 Å². The molecule has 0 radical (unpaired) electrons. The van der Waals surface area contributed by atoms with Crippen LogP contribution in [-0.2, 0) is 16.0 Å². The van der Waals surface area contributed by atoms with Crippen LogP contribution in [0.15, 0.2) is 12.1 Å². The first-order valence-corrected chi connectivity index (χ1v) is 5.64. The molecule has 20 heavy (non-hydrogen) atoms. The lowest BCUT2D eigenvalue weighted by molar-refractivity contribution is -0.142.